The molecule has 0 saturated heterocycles. The number of aromatic nitrogens is 1. The van der Waals surface area contributed by atoms with Crippen LogP contribution in [-0.4, -0.2) is 24.5 Å². The molecule has 0 fully saturated rings. The molecule has 0 saturated carbocycles. The highest BCUT2D eigenvalue weighted by molar-refractivity contribution is 5.94. The van der Waals surface area contributed by atoms with E-state index in [1.165, 1.54) is 5.56 Å². The quantitative estimate of drug-likeness (QED) is 0.651. The van der Waals surface area contributed by atoms with E-state index in [1.807, 2.05) is 24.3 Å². The molecule has 6 nitrogen and oxygen atoms in total. The van der Waals surface area contributed by atoms with Gasteiger partial charge in [0.2, 0.25) is 0 Å². The molecule has 6 heteroatoms. The number of carbonyl (C=O) groups excluding carboxylic acids is 1. The molecule has 1 aromatic carbocycles. The first-order valence-electron chi connectivity index (χ1n) is 8.37. The minimum atomic E-state index is -0.189. The molecule has 0 radical (unpaired) electrons. The maximum absolute atomic E-state index is 12.2. The lowest BCUT2D eigenvalue weighted by Crippen LogP contribution is -2.22. The van der Waals surface area contributed by atoms with Crippen molar-refractivity contribution < 1.29 is 13.9 Å². The fourth-order valence-electron chi connectivity index (χ4n) is 2.52. The zero-order chi connectivity index (χ0) is 18.2. The highest BCUT2D eigenvalue weighted by Gasteiger charge is 2.07. The van der Waals surface area contributed by atoms with Gasteiger partial charge < -0.3 is 19.8 Å². The van der Waals surface area contributed by atoms with Crippen LogP contribution in [0.25, 0.3) is 0 Å². The van der Waals surface area contributed by atoms with Gasteiger partial charge in [-0.15, -0.1) is 0 Å². The Morgan fingerprint density at radius 2 is 2.12 bits per heavy atom. The number of pyridine rings is 1. The number of furan rings is 1. The predicted octanol–water partition coefficient (Wildman–Crippen LogP) is 3.27. The summed E-state index contributed by atoms with van der Waals surface area (Å²) in [6, 6.07) is 13.4. The monoisotopic (exact) mass is 351 g/mol. The van der Waals surface area contributed by atoms with Crippen LogP contribution in [0.15, 0.2) is 65.5 Å². The van der Waals surface area contributed by atoms with Crippen molar-refractivity contribution in [3.05, 3.63) is 78.0 Å². The number of hydrogen-bond donors (Lipinski definition) is 2. The molecule has 0 bridgehead atoms. The largest absolute Gasteiger partial charge is 0.497 e. The van der Waals surface area contributed by atoms with Crippen LogP contribution in [-0.2, 0) is 13.0 Å². The van der Waals surface area contributed by atoms with E-state index in [-0.39, 0.29) is 5.91 Å². The highest BCUT2D eigenvalue weighted by Crippen LogP contribution is 2.14. The van der Waals surface area contributed by atoms with Crippen molar-refractivity contribution in [1.82, 2.24) is 10.3 Å². The third kappa shape index (κ3) is 4.86. The molecule has 0 aliphatic carbocycles. The van der Waals surface area contributed by atoms with Gasteiger partial charge in [-0.25, -0.2) is 0 Å². The van der Waals surface area contributed by atoms with Crippen LogP contribution >= 0.6 is 0 Å². The zero-order valence-corrected chi connectivity index (χ0v) is 14.6. The smallest absolute Gasteiger partial charge is 0.253 e. The number of nitrogens with one attached hydrogen (secondary N) is 2. The van der Waals surface area contributed by atoms with Crippen LogP contribution in [0.5, 0.6) is 5.75 Å². The summed E-state index contributed by atoms with van der Waals surface area (Å²) in [5.41, 5.74) is 2.48. The minimum Gasteiger partial charge on any atom is -0.497 e. The average Bonchev–Trinajstić information content (AvgIpc) is 3.20. The van der Waals surface area contributed by atoms with E-state index in [0.717, 1.165) is 24.4 Å². The number of amides is 1. The van der Waals surface area contributed by atoms with Gasteiger partial charge in [0.25, 0.3) is 5.91 Å². The molecule has 2 aromatic heterocycles. The lowest BCUT2D eigenvalue weighted by Gasteiger charge is -2.09. The zero-order valence-electron chi connectivity index (χ0n) is 14.6. The summed E-state index contributed by atoms with van der Waals surface area (Å²) >= 11 is 0. The van der Waals surface area contributed by atoms with Crippen molar-refractivity contribution >= 4 is 11.6 Å². The van der Waals surface area contributed by atoms with Gasteiger partial charge in [-0.3, -0.25) is 9.78 Å². The molecular weight excluding hydrogens is 330 g/mol. The molecular formula is C20H21N3O3. The molecule has 26 heavy (non-hydrogen) atoms. The van der Waals surface area contributed by atoms with Crippen LogP contribution < -0.4 is 15.4 Å². The van der Waals surface area contributed by atoms with Crippen LogP contribution in [0.2, 0.25) is 0 Å². The average molecular weight is 351 g/mol. The molecule has 0 atom stereocenters. The predicted molar refractivity (Wildman–Crippen MR) is 99.3 cm³/mol. The summed E-state index contributed by atoms with van der Waals surface area (Å²) in [7, 11) is 1.66. The van der Waals surface area contributed by atoms with E-state index in [1.54, 1.807) is 37.9 Å². The summed E-state index contributed by atoms with van der Waals surface area (Å²) < 4.78 is 10.4. The van der Waals surface area contributed by atoms with Gasteiger partial charge in [0.15, 0.2) is 0 Å². The molecule has 1 amide bonds. The number of methoxy groups -OCH3 is 1. The van der Waals surface area contributed by atoms with Crippen molar-refractivity contribution in [2.24, 2.45) is 0 Å². The second-order valence-electron chi connectivity index (χ2n) is 5.75. The first-order valence-corrected chi connectivity index (χ1v) is 8.37. The Balaban J connectivity index is 1.52. The van der Waals surface area contributed by atoms with E-state index in [4.69, 9.17) is 9.15 Å². The third-order valence-corrected chi connectivity index (χ3v) is 3.88. The van der Waals surface area contributed by atoms with Crippen molar-refractivity contribution in [3.8, 4) is 5.75 Å². The fourth-order valence-corrected chi connectivity index (χ4v) is 2.52. The summed E-state index contributed by atoms with van der Waals surface area (Å²) in [4.78, 5) is 16.4. The maximum Gasteiger partial charge on any atom is 0.253 e. The number of rotatable bonds is 8. The van der Waals surface area contributed by atoms with Crippen molar-refractivity contribution in [1.29, 1.82) is 0 Å². The topological polar surface area (TPSA) is 76.4 Å². The van der Waals surface area contributed by atoms with Gasteiger partial charge in [0.1, 0.15) is 11.5 Å². The van der Waals surface area contributed by atoms with Gasteiger partial charge in [0.05, 0.1) is 31.2 Å². The number of ether oxygens (including phenoxy) is 1. The van der Waals surface area contributed by atoms with Gasteiger partial charge in [-0.1, -0.05) is 12.1 Å². The summed E-state index contributed by atoms with van der Waals surface area (Å²) in [5, 5.41) is 6.10. The molecule has 2 N–H and O–H groups in total. The molecule has 0 aliphatic heterocycles. The number of anilines is 1. The Morgan fingerprint density at radius 3 is 2.92 bits per heavy atom. The third-order valence-electron chi connectivity index (χ3n) is 3.88. The van der Waals surface area contributed by atoms with Crippen molar-refractivity contribution in [2.45, 2.75) is 13.0 Å². The standard InChI is InChI=1S/C20H21N3O3/c1-25-18-5-2-4-15(10-18)7-8-22-17-11-16(12-21-13-17)20(24)23-14-19-6-3-9-26-19/h2-6,9-13,22H,7-8,14H2,1H3,(H,23,24). The Bertz CT molecular complexity index is 847. The number of carbonyl (C=O) groups is 1. The normalized spacial score (nSPS) is 10.3. The van der Waals surface area contributed by atoms with Crippen LogP contribution in [0.3, 0.4) is 0 Å². The van der Waals surface area contributed by atoms with E-state index in [2.05, 4.69) is 21.7 Å². The van der Waals surface area contributed by atoms with E-state index in [0.29, 0.717) is 17.9 Å². The summed E-state index contributed by atoms with van der Waals surface area (Å²) in [6.45, 7) is 1.08. The Morgan fingerprint density at radius 1 is 1.19 bits per heavy atom. The summed E-state index contributed by atoms with van der Waals surface area (Å²) in [5.74, 6) is 1.36. The molecule has 134 valence electrons. The van der Waals surface area contributed by atoms with Gasteiger partial charge in [-0.05, 0) is 42.3 Å². The maximum atomic E-state index is 12.2. The Labute approximate surface area is 152 Å². The van der Waals surface area contributed by atoms with Crippen molar-refractivity contribution in [2.75, 3.05) is 19.0 Å². The van der Waals surface area contributed by atoms with Gasteiger partial charge in [0, 0.05) is 18.9 Å². The first-order chi connectivity index (χ1) is 12.7. The number of nitrogens with zero attached hydrogens (tertiary/aromatic N) is 1. The van der Waals surface area contributed by atoms with Gasteiger partial charge >= 0.3 is 0 Å². The second-order valence-corrected chi connectivity index (χ2v) is 5.75. The first kappa shape index (κ1) is 17.5. The lowest BCUT2D eigenvalue weighted by atomic mass is 10.1. The van der Waals surface area contributed by atoms with E-state index < -0.39 is 0 Å². The molecule has 0 spiro atoms. The Kier molecular flexibility index (Phi) is 5.88. The molecule has 3 aromatic rings. The fraction of sp³-hybridized carbons (Fsp3) is 0.200. The summed E-state index contributed by atoms with van der Waals surface area (Å²) in [6.07, 6.45) is 5.67. The molecule has 3 rings (SSSR count). The lowest BCUT2D eigenvalue weighted by molar-refractivity contribution is 0.0947. The molecule has 0 aliphatic rings. The van der Waals surface area contributed by atoms with Crippen molar-refractivity contribution in [3.63, 3.8) is 0 Å². The number of hydrogen-bond acceptors (Lipinski definition) is 5. The SMILES string of the molecule is COc1cccc(CCNc2cncc(C(=O)NCc3ccco3)c2)c1. The molecule has 0 unspecified atom stereocenters. The van der Waals surface area contributed by atoms with E-state index >= 15 is 0 Å². The van der Waals surface area contributed by atoms with Crippen LogP contribution in [0.1, 0.15) is 21.7 Å². The minimum absolute atomic E-state index is 0.189. The number of benzene rings is 1. The molecule has 2 heterocycles. The van der Waals surface area contributed by atoms with Crippen LogP contribution in [0.4, 0.5) is 5.69 Å². The van der Waals surface area contributed by atoms with E-state index in [9.17, 15) is 4.79 Å². The highest BCUT2D eigenvalue weighted by atomic mass is 16.5. The van der Waals surface area contributed by atoms with Crippen LogP contribution in [0, 0.1) is 0 Å². The second kappa shape index (κ2) is 8.71. The van der Waals surface area contributed by atoms with Gasteiger partial charge in [-0.2, -0.15) is 0 Å². The Hall–Kier alpha value is -3.28.